The van der Waals surface area contributed by atoms with Crippen molar-refractivity contribution in [3.63, 3.8) is 0 Å². The number of carbonyl (C=O) groups is 5. The molecule has 19 heteroatoms. The molecule has 0 aliphatic carbocycles. The molecule has 0 spiro atoms. The molecule has 0 saturated carbocycles. The van der Waals surface area contributed by atoms with Crippen LogP contribution < -0.4 is 20.3 Å². The van der Waals surface area contributed by atoms with E-state index in [0.717, 1.165) is 49.0 Å². The summed E-state index contributed by atoms with van der Waals surface area (Å²) >= 11 is 0. The predicted octanol–water partition coefficient (Wildman–Crippen LogP) is 1.51. The highest BCUT2D eigenvalue weighted by Gasteiger charge is 2.44. The van der Waals surface area contributed by atoms with Crippen molar-refractivity contribution in [2.24, 2.45) is 0 Å². The van der Waals surface area contributed by atoms with Crippen molar-refractivity contribution in [2.75, 3.05) is 76.0 Å². The van der Waals surface area contributed by atoms with Crippen molar-refractivity contribution in [2.45, 2.75) is 25.8 Å². The van der Waals surface area contributed by atoms with Crippen LogP contribution >= 0.6 is 0 Å². The Morgan fingerprint density at radius 2 is 1.67 bits per heavy atom. The van der Waals surface area contributed by atoms with Gasteiger partial charge in [0.15, 0.2) is 17.3 Å². The van der Waals surface area contributed by atoms with E-state index < -0.39 is 29.7 Å². The van der Waals surface area contributed by atoms with E-state index >= 15 is 0 Å². The van der Waals surface area contributed by atoms with E-state index in [9.17, 15) is 24.0 Å². The van der Waals surface area contributed by atoms with Gasteiger partial charge in [0.1, 0.15) is 29.8 Å². The average Bonchev–Trinajstić information content (AvgIpc) is 3.92. The Kier molecular flexibility index (Phi) is 11.2. The molecule has 2 fully saturated rings. The lowest BCUT2D eigenvalue weighted by atomic mass is 10.0. The number of aromatic nitrogens is 6. The monoisotopic (exact) mass is 791 g/mol. The molecule has 8 rings (SSSR count). The molecule has 2 N–H and O–H groups in total. The van der Waals surface area contributed by atoms with Gasteiger partial charge in [-0.1, -0.05) is 6.07 Å². The molecule has 0 bridgehead atoms. The fourth-order valence-corrected chi connectivity index (χ4v) is 7.02. The second-order valence-corrected chi connectivity index (χ2v) is 14.0. The smallest absolute Gasteiger partial charge is 0.262 e. The van der Waals surface area contributed by atoms with Crippen molar-refractivity contribution < 1.29 is 38.2 Å². The Morgan fingerprint density at radius 3 is 2.47 bits per heavy atom. The third kappa shape index (κ3) is 8.13. The molecule has 4 aromatic heterocycles. The predicted molar refractivity (Wildman–Crippen MR) is 206 cm³/mol. The molecular weight excluding hydrogens is 750 g/mol. The second kappa shape index (κ2) is 16.9. The zero-order valence-corrected chi connectivity index (χ0v) is 31.7. The number of piperidine rings is 1. The molecule has 5 amide bonds. The van der Waals surface area contributed by atoms with Gasteiger partial charge in [-0.3, -0.25) is 39.1 Å². The van der Waals surface area contributed by atoms with Gasteiger partial charge in [0, 0.05) is 63.8 Å². The van der Waals surface area contributed by atoms with Crippen LogP contribution in [0.1, 0.15) is 49.5 Å². The molecule has 19 nitrogen and oxygen atoms in total. The first kappa shape index (κ1) is 38.3. The molecular formula is C39H41N11O8. The Morgan fingerprint density at radius 1 is 0.879 bits per heavy atom. The first-order chi connectivity index (χ1) is 28.2. The lowest BCUT2D eigenvalue weighted by molar-refractivity contribution is -0.136. The number of hydrogen-bond donors (Lipinski definition) is 2. The molecule has 1 aromatic carbocycles. The fourth-order valence-electron chi connectivity index (χ4n) is 7.02. The maximum absolute atomic E-state index is 13.4. The van der Waals surface area contributed by atoms with Crippen LogP contribution in [0, 0.1) is 6.92 Å². The molecule has 1 atom stereocenters. The zero-order chi connectivity index (χ0) is 40.2. The van der Waals surface area contributed by atoms with Crippen molar-refractivity contribution in [3.05, 3.63) is 89.5 Å². The number of benzene rings is 1. The third-order valence-electron chi connectivity index (χ3n) is 10.1. The molecule has 1 unspecified atom stereocenters. The number of aryl methyl sites for hydroxylation is 1. The van der Waals surface area contributed by atoms with Crippen LogP contribution in [-0.2, 0) is 19.1 Å². The minimum absolute atomic E-state index is 0.0569. The zero-order valence-electron chi connectivity index (χ0n) is 31.7. The Hall–Kier alpha value is -6.57. The Balaban J connectivity index is 0.749. The number of nitrogens with zero attached hydrogens (tertiary/aromatic N) is 9. The first-order valence-corrected chi connectivity index (χ1v) is 19.0. The normalized spacial score (nSPS) is 17.2. The van der Waals surface area contributed by atoms with Gasteiger partial charge in [-0.15, -0.1) is 5.10 Å². The van der Waals surface area contributed by atoms with Gasteiger partial charge >= 0.3 is 0 Å². The average molecular weight is 792 g/mol. The highest BCUT2D eigenvalue weighted by Crippen LogP contribution is 2.30. The summed E-state index contributed by atoms with van der Waals surface area (Å²) in [7, 11) is 0. The summed E-state index contributed by atoms with van der Waals surface area (Å²) in [4.78, 5) is 77.4. The van der Waals surface area contributed by atoms with Crippen LogP contribution in [0.2, 0.25) is 0 Å². The summed E-state index contributed by atoms with van der Waals surface area (Å²) in [5, 5.41) is 14.3. The summed E-state index contributed by atoms with van der Waals surface area (Å²) in [6.45, 7) is 7.64. The van der Waals surface area contributed by atoms with E-state index in [1.165, 1.54) is 18.3 Å². The largest absolute Gasteiger partial charge is 0.491 e. The minimum atomic E-state index is -1.02. The molecule has 58 heavy (non-hydrogen) atoms. The lowest BCUT2D eigenvalue weighted by Crippen LogP contribution is -2.54. The van der Waals surface area contributed by atoms with E-state index in [-0.39, 0.29) is 43.1 Å². The van der Waals surface area contributed by atoms with E-state index in [1.54, 1.807) is 39.9 Å². The van der Waals surface area contributed by atoms with Crippen molar-refractivity contribution >= 4 is 46.8 Å². The van der Waals surface area contributed by atoms with Crippen LogP contribution in [0.5, 0.6) is 5.75 Å². The maximum Gasteiger partial charge on any atom is 0.262 e. The van der Waals surface area contributed by atoms with Crippen LogP contribution in [0.3, 0.4) is 0 Å². The maximum atomic E-state index is 13.4. The quantitative estimate of drug-likeness (QED) is 0.114. The highest BCUT2D eigenvalue weighted by atomic mass is 16.5. The number of pyridine rings is 1. The van der Waals surface area contributed by atoms with Gasteiger partial charge < -0.3 is 24.4 Å². The van der Waals surface area contributed by atoms with Crippen LogP contribution in [0.15, 0.2) is 67.3 Å². The van der Waals surface area contributed by atoms with Crippen LogP contribution in [-0.4, -0.2) is 140 Å². The van der Waals surface area contributed by atoms with Crippen LogP contribution in [0.4, 0.5) is 11.6 Å². The summed E-state index contributed by atoms with van der Waals surface area (Å²) in [6.07, 6.45) is 6.75. The molecule has 3 aliphatic heterocycles. The van der Waals surface area contributed by atoms with Gasteiger partial charge in [-0.2, -0.15) is 9.78 Å². The number of imide groups is 2. The number of fused-ring (bicyclic) bond motifs is 2. The summed E-state index contributed by atoms with van der Waals surface area (Å²) < 4.78 is 20.4. The summed E-state index contributed by atoms with van der Waals surface area (Å²) in [6, 6.07) is 11.0. The number of ether oxygens (including phenoxy) is 3. The number of nitrogens with one attached hydrogen (secondary N) is 2. The molecule has 5 aromatic rings. The Labute approximate surface area is 331 Å². The number of anilines is 2. The SMILES string of the molecule is Cc1ccc(-n2nc(N3CCN(CCOCCOCCOc4ccc5c(c4)C(=O)N(C4CCC(=O)NC4=O)C5=O)CC3)cc2NC(=O)c2cnn3cccnc23)nc1. The van der Waals surface area contributed by atoms with Crippen molar-refractivity contribution in [1.82, 2.24) is 44.5 Å². The number of rotatable bonds is 15. The van der Waals surface area contributed by atoms with Crippen molar-refractivity contribution in [3.8, 4) is 11.6 Å². The van der Waals surface area contributed by atoms with Gasteiger partial charge in [-0.05, 0) is 49.2 Å². The third-order valence-corrected chi connectivity index (χ3v) is 10.1. The number of piperazine rings is 1. The standard InChI is InChI=1S/C39H41N11O8/c1-25-3-7-31(41-23-25)50-32(43-36(52)29-24-42-48-10-2-9-40-35(29)48)22-33(45-50)47-13-11-46(12-14-47)15-16-56-17-18-57-19-20-58-26-4-5-27-28(21-26)39(55)49(38(27)54)30-6-8-34(51)44-37(30)53/h2-5,7,9-10,21-24,30H,6,8,11-20H2,1H3,(H,43,52)(H,44,51,53). The van der Waals surface area contributed by atoms with E-state index in [1.807, 2.05) is 25.1 Å². The number of hydrogen-bond acceptors (Lipinski definition) is 14. The Bertz CT molecular complexity index is 2350. The summed E-state index contributed by atoms with van der Waals surface area (Å²) in [5.41, 5.74) is 2.15. The lowest BCUT2D eigenvalue weighted by Gasteiger charge is -2.34. The molecule has 0 radical (unpaired) electrons. The van der Waals surface area contributed by atoms with Gasteiger partial charge in [0.2, 0.25) is 11.8 Å². The number of carbonyl (C=O) groups excluding carboxylic acids is 5. The summed E-state index contributed by atoms with van der Waals surface area (Å²) in [5.74, 6) is -0.407. The fraction of sp³-hybridized carbons (Fsp3) is 0.359. The van der Waals surface area contributed by atoms with Crippen LogP contribution in [0.25, 0.3) is 11.5 Å². The van der Waals surface area contributed by atoms with E-state index in [2.05, 4.69) is 35.5 Å². The van der Waals surface area contributed by atoms with E-state index in [0.29, 0.717) is 48.4 Å². The van der Waals surface area contributed by atoms with Gasteiger partial charge in [0.05, 0.1) is 43.8 Å². The number of amides is 5. The van der Waals surface area contributed by atoms with Crippen molar-refractivity contribution in [1.29, 1.82) is 0 Å². The second-order valence-electron chi connectivity index (χ2n) is 14.0. The van der Waals surface area contributed by atoms with Gasteiger partial charge in [0.25, 0.3) is 17.7 Å². The minimum Gasteiger partial charge on any atom is -0.491 e. The highest BCUT2D eigenvalue weighted by molar-refractivity contribution is 6.23. The van der Waals surface area contributed by atoms with Gasteiger partial charge in [-0.25, -0.2) is 14.5 Å². The molecule has 300 valence electrons. The molecule has 7 heterocycles. The topological polar surface area (TPSA) is 208 Å². The molecule has 2 saturated heterocycles. The van der Waals surface area contributed by atoms with E-state index in [4.69, 9.17) is 19.3 Å². The molecule has 3 aliphatic rings. The first-order valence-electron chi connectivity index (χ1n) is 19.0.